The van der Waals surface area contributed by atoms with Crippen LogP contribution in [0.4, 0.5) is 0 Å². The zero-order valence-corrected chi connectivity index (χ0v) is 10.3. The van der Waals surface area contributed by atoms with Crippen molar-refractivity contribution in [2.45, 2.75) is 13.5 Å². The molecule has 0 fully saturated rings. The number of fused-ring (bicyclic) bond motifs is 1. The summed E-state index contributed by atoms with van der Waals surface area (Å²) in [6.07, 6.45) is 0. The monoisotopic (exact) mass is 237 g/mol. The molecular weight excluding hydrogens is 222 g/mol. The first-order valence-corrected chi connectivity index (χ1v) is 6.03. The van der Waals surface area contributed by atoms with Crippen molar-refractivity contribution in [1.82, 2.24) is 9.78 Å². The van der Waals surface area contributed by atoms with Crippen LogP contribution in [0.15, 0.2) is 48.5 Å². The molecular formula is C15H15N3. The molecule has 0 bridgehead atoms. The highest BCUT2D eigenvalue weighted by atomic mass is 15.3. The third kappa shape index (κ3) is 1.69. The average molecular weight is 237 g/mol. The molecule has 2 aromatic carbocycles. The molecule has 2 N–H and O–H groups in total. The van der Waals surface area contributed by atoms with Gasteiger partial charge in [-0.1, -0.05) is 30.3 Å². The number of aryl methyl sites for hydroxylation is 1. The molecule has 3 nitrogen and oxygen atoms in total. The Labute approximate surface area is 106 Å². The molecule has 90 valence electrons. The Morgan fingerprint density at radius 2 is 1.89 bits per heavy atom. The molecule has 1 aromatic heterocycles. The van der Waals surface area contributed by atoms with Crippen molar-refractivity contribution in [3.05, 3.63) is 59.8 Å². The van der Waals surface area contributed by atoms with E-state index < -0.39 is 0 Å². The predicted octanol–water partition coefficient (Wildman–Crippen LogP) is 2.79. The van der Waals surface area contributed by atoms with E-state index in [9.17, 15) is 0 Å². The fourth-order valence-corrected chi connectivity index (χ4v) is 2.21. The number of nitrogens with zero attached hydrogens (tertiary/aromatic N) is 2. The van der Waals surface area contributed by atoms with Gasteiger partial charge in [-0.3, -0.25) is 0 Å². The summed E-state index contributed by atoms with van der Waals surface area (Å²) in [7, 11) is 0. The van der Waals surface area contributed by atoms with Crippen molar-refractivity contribution in [1.29, 1.82) is 0 Å². The maximum atomic E-state index is 5.71. The van der Waals surface area contributed by atoms with E-state index in [-0.39, 0.29) is 0 Å². The summed E-state index contributed by atoms with van der Waals surface area (Å²) < 4.78 is 1.98. The second-order valence-corrected chi connectivity index (χ2v) is 4.39. The zero-order chi connectivity index (χ0) is 12.5. The van der Waals surface area contributed by atoms with E-state index in [4.69, 9.17) is 5.73 Å². The van der Waals surface area contributed by atoms with Crippen LogP contribution in [0.25, 0.3) is 16.6 Å². The lowest BCUT2D eigenvalue weighted by Gasteiger charge is -2.04. The molecule has 0 unspecified atom stereocenters. The minimum atomic E-state index is 0.551. The largest absolute Gasteiger partial charge is 0.326 e. The first-order valence-electron chi connectivity index (χ1n) is 6.03. The Kier molecular flexibility index (Phi) is 2.61. The average Bonchev–Trinajstić information content (AvgIpc) is 2.76. The van der Waals surface area contributed by atoms with Crippen LogP contribution in [0.5, 0.6) is 0 Å². The van der Waals surface area contributed by atoms with E-state index in [1.165, 1.54) is 5.39 Å². The lowest BCUT2D eigenvalue weighted by Crippen LogP contribution is -1.98. The second-order valence-electron chi connectivity index (χ2n) is 4.39. The van der Waals surface area contributed by atoms with E-state index in [0.717, 1.165) is 22.5 Å². The van der Waals surface area contributed by atoms with Crippen LogP contribution >= 0.6 is 0 Å². The highest BCUT2D eigenvalue weighted by molar-refractivity contribution is 5.84. The van der Waals surface area contributed by atoms with Gasteiger partial charge in [-0.05, 0) is 30.7 Å². The van der Waals surface area contributed by atoms with Gasteiger partial charge in [0.2, 0.25) is 0 Å². The summed E-state index contributed by atoms with van der Waals surface area (Å²) >= 11 is 0. The van der Waals surface area contributed by atoms with Gasteiger partial charge in [-0.25, -0.2) is 4.68 Å². The molecule has 0 saturated heterocycles. The van der Waals surface area contributed by atoms with Crippen molar-refractivity contribution in [3.63, 3.8) is 0 Å². The van der Waals surface area contributed by atoms with Gasteiger partial charge in [-0.15, -0.1) is 0 Å². The number of rotatable bonds is 2. The Balaban J connectivity index is 2.29. The summed E-state index contributed by atoms with van der Waals surface area (Å²) in [5.41, 5.74) is 10.1. The van der Waals surface area contributed by atoms with Gasteiger partial charge in [0, 0.05) is 11.9 Å². The summed E-state index contributed by atoms with van der Waals surface area (Å²) in [6.45, 7) is 2.58. The minimum absolute atomic E-state index is 0.551. The number of nitrogens with two attached hydrogens (primary N) is 1. The Morgan fingerprint density at radius 3 is 2.61 bits per heavy atom. The lowest BCUT2D eigenvalue weighted by atomic mass is 10.1. The summed E-state index contributed by atoms with van der Waals surface area (Å²) in [6, 6.07) is 16.4. The molecule has 3 rings (SSSR count). The molecule has 0 spiro atoms. The van der Waals surface area contributed by atoms with E-state index >= 15 is 0 Å². The molecule has 0 aliphatic heterocycles. The first-order chi connectivity index (χ1) is 8.79. The molecule has 0 amide bonds. The van der Waals surface area contributed by atoms with Gasteiger partial charge in [0.25, 0.3) is 0 Å². The number of benzene rings is 2. The van der Waals surface area contributed by atoms with Crippen LogP contribution in [-0.2, 0) is 6.54 Å². The number of para-hydroxylation sites is 1. The fraction of sp³-hybridized carbons (Fsp3) is 0.133. The fourth-order valence-electron chi connectivity index (χ4n) is 2.21. The van der Waals surface area contributed by atoms with Crippen molar-refractivity contribution >= 4 is 10.9 Å². The first kappa shape index (κ1) is 11.0. The third-order valence-corrected chi connectivity index (χ3v) is 3.17. The number of aromatic nitrogens is 2. The van der Waals surface area contributed by atoms with Gasteiger partial charge >= 0.3 is 0 Å². The molecule has 0 aliphatic rings. The maximum Gasteiger partial charge on any atom is 0.0747 e. The van der Waals surface area contributed by atoms with E-state index in [1.807, 2.05) is 29.8 Å². The van der Waals surface area contributed by atoms with Crippen LogP contribution < -0.4 is 5.73 Å². The third-order valence-electron chi connectivity index (χ3n) is 3.17. The smallest absolute Gasteiger partial charge is 0.0747 e. The molecule has 0 saturated carbocycles. The van der Waals surface area contributed by atoms with Crippen LogP contribution in [0.3, 0.4) is 0 Å². The second kappa shape index (κ2) is 4.27. The van der Waals surface area contributed by atoms with Gasteiger partial charge in [0.1, 0.15) is 0 Å². The lowest BCUT2D eigenvalue weighted by molar-refractivity contribution is 0.888. The van der Waals surface area contributed by atoms with Crippen molar-refractivity contribution < 1.29 is 0 Å². The SMILES string of the molecule is Cc1nn(-c2ccccc2)c2cc(CN)ccc12. The molecule has 0 atom stereocenters. The maximum absolute atomic E-state index is 5.71. The quantitative estimate of drug-likeness (QED) is 0.744. The number of hydrogen-bond acceptors (Lipinski definition) is 2. The molecule has 18 heavy (non-hydrogen) atoms. The predicted molar refractivity (Wildman–Crippen MR) is 73.7 cm³/mol. The molecule has 0 radical (unpaired) electrons. The van der Waals surface area contributed by atoms with E-state index in [1.54, 1.807) is 0 Å². The normalized spacial score (nSPS) is 11.0. The Morgan fingerprint density at radius 1 is 1.11 bits per heavy atom. The molecule has 1 heterocycles. The molecule has 3 aromatic rings. The van der Waals surface area contributed by atoms with E-state index in [2.05, 4.69) is 35.4 Å². The van der Waals surface area contributed by atoms with Crippen LogP contribution in [0.1, 0.15) is 11.3 Å². The van der Waals surface area contributed by atoms with Gasteiger partial charge in [0.05, 0.1) is 16.9 Å². The van der Waals surface area contributed by atoms with E-state index in [0.29, 0.717) is 6.54 Å². The van der Waals surface area contributed by atoms with Gasteiger partial charge in [0.15, 0.2) is 0 Å². The number of hydrogen-bond donors (Lipinski definition) is 1. The van der Waals surface area contributed by atoms with Crippen molar-refractivity contribution in [2.24, 2.45) is 5.73 Å². The standard InChI is InChI=1S/C15H15N3/c1-11-14-8-7-12(10-16)9-15(14)18(17-11)13-5-3-2-4-6-13/h2-9H,10,16H2,1H3. The van der Waals surface area contributed by atoms with Gasteiger partial charge < -0.3 is 5.73 Å². The Bertz CT molecular complexity index is 684. The minimum Gasteiger partial charge on any atom is -0.326 e. The molecule has 3 heteroatoms. The highest BCUT2D eigenvalue weighted by Crippen LogP contribution is 2.22. The van der Waals surface area contributed by atoms with Crippen LogP contribution in [0, 0.1) is 6.92 Å². The summed E-state index contributed by atoms with van der Waals surface area (Å²) in [4.78, 5) is 0. The topological polar surface area (TPSA) is 43.8 Å². The van der Waals surface area contributed by atoms with Gasteiger partial charge in [-0.2, -0.15) is 5.10 Å². The zero-order valence-electron chi connectivity index (χ0n) is 10.3. The Hall–Kier alpha value is -2.13. The highest BCUT2D eigenvalue weighted by Gasteiger charge is 2.08. The van der Waals surface area contributed by atoms with Crippen LogP contribution in [0.2, 0.25) is 0 Å². The van der Waals surface area contributed by atoms with Crippen LogP contribution in [-0.4, -0.2) is 9.78 Å². The van der Waals surface area contributed by atoms with Crippen molar-refractivity contribution in [3.8, 4) is 5.69 Å². The summed E-state index contributed by atoms with van der Waals surface area (Å²) in [5.74, 6) is 0. The molecule has 0 aliphatic carbocycles. The summed E-state index contributed by atoms with van der Waals surface area (Å²) in [5, 5.41) is 5.79. The van der Waals surface area contributed by atoms with Crippen molar-refractivity contribution in [2.75, 3.05) is 0 Å².